The number of ketones is 1. The molecular weight excluding hydrogens is 288 g/mol. The molecule has 0 aromatic heterocycles. The Morgan fingerprint density at radius 1 is 1.04 bits per heavy atom. The Morgan fingerprint density at radius 3 is 2.70 bits per heavy atom. The third-order valence-corrected chi connectivity index (χ3v) is 4.08. The summed E-state index contributed by atoms with van der Waals surface area (Å²) in [4.78, 5) is 12.7. The highest BCUT2D eigenvalue weighted by Crippen LogP contribution is 2.37. The van der Waals surface area contributed by atoms with Crippen molar-refractivity contribution in [2.24, 2.45) is 0 Å². The molecule has 23 heavy (non-hydrogen) atoms. The highest BCUT2D eigenvalue weighted by Gasteiger charge is 2.29. The molecule has 0 amide bonds. The standard InChI is InChI=1S/C20H14O3/c1-12-10-13(6-8-16(12)21)11-18-20(22)19-15-5-3-2-4-14(15)7-9-17(19)23-18/h2-11,21H,1H3/b18-11-. The average Bonchev–Trinajstić information content (AvgIpc) is 2.87. The van der Waals surface area contributed by atoms with Gasteiger partial charge in [0, 0.05) is 0 Å². The van der Waals surface area contributed by atoms with Gasteiger partial charge >= 0.3 is 0 Å². The largest absolute Gasteiger partial charge is 0.508 e. The molecule has 0 fully saturated rings. The number of phenols is 1. The lowest BCUT2D eigenvalue weighted by atomic mass is 10.0. The number of aromatic hydroxyl groups is 1. The molecular formula is C20H14O3. The number of benzene rings is 3. The first-order valence-corrected chi connectivity index (χ1v) is 7.39. The third kappa shape index (κ3) is 2.18. The molecule has 1 aliphatic rings. The first kappa shape index (κ1) is 13.6. The van der Waals surface area contributed by atoms with E-state index in [-0.39, 0.29) is 11.5 Å². The van der Waals surface area contributed by atoms with E-state index in [1.165, 1.54) is 0 Å². The molecule has 0 atom stereocenters. The van der Waals surface area contributed by atoms with Gasteiger partial charge in [-0.05, 0) is 53.1 Å². The van der Waals surface area contributed by atoms with E-state index in [0.29, 0.717) is 17.1 Å². The van der Waals surface area contributed by atoms with Gasteiger partial charge in [0.2, 0.25) is 5.78 Å². The third-order valence-electron chi connectivity index (χ3n) is 4.08. The number of carbonyl (C=O) groups is 1. The summed E-state index contributed by atoms with van der Waals surface area (Å²) in [6, 6.07) is 16.8. The number of allylic oxidation sites excluding steroid dienone is 1. The van der Waals surface area contributed by atoms with Crippen molar-refractivity contribution in [2.45, 2.75) is 6.92 Å². The van der Waals surface area contributed by atoms with Gasteiger partial charge in [0.1, 0.15) is 11.5 Å². The fourth-order valence-corrected chi connectivity index (χ4v) is 2.87. The van der Waals surface area contributed by atoms with Crippen molar-refractivity contribution in [3.63, 3.8) is 0 Å². The zero-order valence-electron chi connectivity index (χ0n) is 12.5. The zero-order chi connectivity index (χ0) is 16.0. The van der Waals surface area contributed by atoms with Crippen LogP contribution in [0.2, 0.25) is 0 Å². The molecule has 1 heterocycles. The minimum absolute atomic E-state index is 0.109. The topological polar surface area (TPSA) is 46.5 Å². The van der Waals surface area contributed by atoms with Crippen LogP contribution >= 0.6 is 0 Å². The van der Waals surface area contributed by atoms with Crippen LogP contribution in [0.1, 0.15) is 21.5 Å². The molecule has 3 aromatic carbocycles. The second kappa shape index (κ2) is 4.99. The van der Waals surface area contributed by atoms with E-state index in [1.54, 1.807) is 18.2 Å². The second-order valence-electron chi connectivity index (χ2n) is 5.65. The summed E-state index contributed by atoms with van der Waals surface area (Å²) in [5.74, 6) is 1.03. The fourth-order valence-electron chi connectivity index (χ4n) is 2.87. The first-order chi connectivity index (χ1) is 11.1. The van der Waals surface area contributed by atoms with E-state index in [1.807, 2.05) is 49.4 Å². The summed E-state index contributed by atoms with van der Waals surface area (Å²) >= 11 is 0. The van der Waals surface area contributed by atoms with Gasteiger partial charge in [0.05, 0.1) is 5.56 Å². The number of aryl methyl sites for hydroxylation is 1. The van der Waals surface area contributed by atoms with Crippen LogP contribution in [0.25, 0.3) is 16.8 Å². The highest BCUT2D eigenvalue weighted by atomic mass is 16.5. The van der Waals surface area contributed by atoms with Gasteiger partial charge in [-0.3, -0.25) is 4.79 Å². The van der Waals surface area contributed by atoms with Gasteiger partial charge in [-0.25, -0.2) is 0 Å². The van der Waals surface area contributed by atoms with Crippen molar-refractivity contribution in [3.05, 3.63) is 77.0 Å². The summed E-state index contributed by atoms with van der Waals surface area (Å²) in [7, 11) is 0. The van der Waals surface area contributed by atoms with Crippen LogP contribution in [0.15, 0.2) is 60.4 Å². The summed E-state index contributed by atoms with van der Waals surface area (Å²) in [5.41, 5.74) is 2.19. The van der Waals surface area contributed by atoms with Crippen LogP contribution in [0, 0.1) is 6.92 Å². The molecule has 1 aliphatic heterocycles. The van der Waals surface area contributed by atoms with Crippen LogP contribution in [-0.2, 0) is 0 Å². The molecule has 4 rings (SSSR count). The summed E-state index contributed by atoms with van der Waals surface area (Å²) < 4.78 is 5.75. The van der Waals surface area contributed by atoms with E-state index in [2.05, 4.69) is 0 Å². The smallest absolute Gasteiger partial charge is 0.232 e. The molecule has 3 heteroatoms. The van der Waals surface area contributed by atoms with E-state index in [9.17, 15) is 9.90 Å². The summed E-state index contributed by atoms with van der Waals surface area (Å²) in [5, 5.41) is 11.5. The number of hydrogen-bond acceptors (Lipinski definition) is 3. The summed E-state index contributed by atoms with van der Waals surface area (Å²) in [6.07, 6.45) is 1.71. The van der Waals surface area contributed by atoms with Crippen LogP contribution < -0.4 is 4.74 Å². The van der Waals surface area contributed by atoms with Crippen LogP contribution in [0.5, 0.6) is 11.5 Å². The Kier molecular flexibility index (Phi) is 2.95. The average molecular weight is 302 g/mol. The van der Waals surface area contributed by atoms with Crippen LogP contribution in [-0.4, -0.2) is 10.9 Å². The minimum atomic E-state index is -0.109. The van der Waals surface area contributed by atoms with E-state index >= 15 is 0 Å². The molecule has 0 bridgehead atoms. The Bertz CT molecular complexity index is 983. The van der Waals surface area contributed by atoms with Crippen molar-refractivity contribution in [3.8, 4) is 11.5 Å². The van der Waals surface area contributed by atoms with E-state index in [4.69, 9.17) is 4.74 Å². The van der Waals surface area contributed by atoms with Crippen molar-refractivity contribution in [1.82, 2.24) is 0 Å². The highest BCUT2D eigenvalue weighted by molar-refractivity contribution is 6.21. The molecule has 0 aliphatic carbocycles. The van der Waals surface area contributed by atoms with Gasteiger partial charge in [0.15, 0.2) is 5.76 Å². The molecule has 0 radical (unpaired) electrons. The number of hydrogen-bond donors (Lipinski definition) is 1. The second-order valence-corrected chi connectivity index (χ2v) is 5.65. The predicted molar refractivity (Wildman–Crippen MR) is 89.7 cm³/mol. The van der Waals surface area contributed by atoms with Gasteiger partial charge < -0.3 is 9.84 Å². The van der Waals surface area contributed by atoms with Gasteiger partial charge in [-0.2, -0.15) is 0 Å². The van der Waals surface area contributed by atoms with Crippen LogP contribution in [0.3, 0.4) is 0 Å². The van der Waals surface area contributed by atoms with Crippen molar-refractivity contribution in [2.75, 3.05) is 0 Å². The van der Waals surface area contributed by atoms with Crippen molar-refractivity contribution < 1.29 is 14.6 Å². The monoisotopic (exact) mass is 302 g/mol. The number of ether oxygens (including phenoxy) is 1. The Hall–Kier alpha value is -3.07. The van der Waals surface area contributed by atoms with Crippen molar-refractivity contribution in [1.29, 1.82) is 0 Å². The number of rotatable bonds is 1. The van der Waals surface area contributed by atoms with Gasteiger partial charge in [-0.15, -0.1) is 0 Å². The number of phenolic OH excluding ortho intramolecular Hbond substituents is 1. The van der Waals surface area contributed by atoms with Crippen LogP contribution in [0.4, 0.5) is 0 Å². The first-order valence-electron chi connectivity index (χ1n) is 7.39. The number of Topliss-reactive ketones (excluding diaryl/α,β-unsaturated/α-hetero) is 1. The molecule has 112 valence electrons. The molecule has 1 N–H and O–H groups in total. The lowest BCUT2D eigenvalue weighted by Crippen LogP contribution is -1.98. The number of fused-ring (bicyclic) bond motifs is 3. The molecule has 3 nitrogen and oxygen atoms in total. The summed E-state index contributed by atoms with van der Waals surface area (Å²) in [6.45, 7) is 1.82. The molecule has 0 saturated heterocycles. The zero-order valence-corrected chi connectivity index (χ0v) is 12.5. The molecule has 3 aromatic rings. The normalized spacial score (nSPS) is 15.0. The van der Waals surface area contributed by atoms with Gasteiger partial charge in [0.25, 0.3) is 0 Å². The maximum Gasteiger partial charge on any atom is 0.232 e. The Labute approximate surface area is 133 Å². The molecule has 0 spiro atoms. The maximum absolute atomic E-state index is 12.7. The predicted octanol–water partition coefficient (Wildman–Crippen LogP) is 4.47. The SMILES string of the molecule is Cc1cc(/C=C2\Oc3ccc4ccccc4c3C2=O)ccc1O. The fraction of sp³-hybridized carbons (Fsp3) is 0.0500. The van der Waals surface area contributed by atoms with E-state index < -0.39 is 0 Å². The minimum Gasteiger partial charge on any atom is -0.508 e. The molecule has 0 saturated carbocycles. The number of carbonyl (C=O) groups excluding carboxylic acids is 1. The van der Waals surface area contributed by atoms with Gasteiger partial charge in [-0.1, -0.05) is 36.4 Å². The lowest BCUT2D eigenvalue weighted by molar-refractivity contribution is 0.101. The quantitative estimate of drug-likeness (QED) is 0.675. The Morgan fingerprint density at radius 2 is 1.87 bits per heavy atom. The molecule has 0 unspecified atom stereocenters. The maximum atomic E-state index is 12.7. The Balaban J connectivity index is 1.81. The van der Waals surface area contributed by atoms with Crippen molar-refractivity contribution >= 4 is 22.6 Å². The lowest BCUT2D eigenvalue weighted by Gasteiger charge is -2.02. The van der Waals surface area contributed by atoms with E-state index in [0.717, 1.165) is 21.9 Å².